The van der Waals surface area contributed by atoms with Crippen molar-refractivity contribution in [3.63, 3.8) is 0 Å². The highest BCUT2D eigenvalue weighted by Crippen LogP contribution is 2.30. The van der Waals surface area contributed by atoms with E-state index >= 15 is 0 Å². The van der Waals surface area contributed by atoms with Crippen LogP contribution in [0.5, 0.6) is 0 Å². The Hall–Kier alpha value is -1.83. The summed E-state index contributed by atoms with van der Waals surface area (Å²) in [5.41, 5.74) is 0.758. The predicted molar refractivity (Wildman–Crippen MR) is 103 cm³/mol. The monoisotopic (exact) mass is 375 g/mol. The van der Waals surface area contributed by atoms with Crippen LogP contribution in [-0.2, 0) is 14.3 Å². The van der Waals surface area contributed by atoms with Gasteiger partial charge in [-0.2, -0.15) is 0 Å². The van der Waals surface area contributed by atoms with Gasteiger partial charge < -0.3 is 15.0 Å². The van der Waals surface area contributed by atoms with Crippen LogP contribution < -0.4 is 5.32 Å². The highest BCUT2D eigenvalue weighted by molar-refractivity contribution is 7.97. The van der Waals surface area contributed by atoms with Crippen molar-refractivity contribution in [1.29, 1.82) is 0 Å². The normalized spacial score (nSPS) is 19.2. The Morgan fingerprint density at radius 2 is 1.77 bits per heavy atom. The molecule has 0 saturated carbocycles. The summed E-state index contributed by atoms with van der Waals surface area (Å²) in [7, 11) is 0. The molecule has 3 rings (SSSR count). The summed E-state index contributed by atoms with van der Waals surface area (Å²) in [4.78, 5) is 27.0. The first-order valence-corrected chi connectivity index (χ1v) is 9.76. The molecule has 2 amide bonds. The van der Waals surface area contributed by atoms with Crippen molar-refractivity contribution in [3.8, 4) is 0 Å². The van der Waals surface area contributed by atoms with Gasteiger partial charge in [0.1, 0.15) is 0 Å². The quantitative estimate of drug-likeness (QED) is 0.632. The molecule has 2 aliphatic rings. The average molecular weight is 375 g/mol. The van der Waals surface area contributed by atoms with E-state index < -0.39 is 0 Å². The van der Waals surface area contributed by atoms with E-state index in [-0.39, 0.29) is 11.8 Å². The molecule has 2 aliphatic heterocycles. The highest BCUT2D eigenvalue weighted by Gasteiger charge is 2.29. The average Bonchev–Trinajstić information content (AvgIpc) is 2.70. The van der Waals surface area contributed by atoms with Crippen LogP contribution in [0.1, 0.15) is 12.8 Å². The summed E-state index contributed by atoms with van der Waals surface area (Å²) >= 11 is 1.70. The molecular weight excluding hydrogens is 350 g/mol. The van der Waals surface area contributed by atoms with Gasteiger partial charge in [-0.3, -0.25) is 9.59 Å². The summed E-state index contributed by atoms with van der Waals surface area (Å²) < 4.78 is 7.63. The zero-order chi connectivity index (χ0) is 18.4. The van der Waals surface area contributed by atoms with Gasteiger partial charge in [-0.15, -0.1) is 0 Å². The first kappa shape index (κ1) is 18.9. The maximum atomic E-state index is 12.6. The third-order valence-electron chi connectivity index (χ3n) is 4.67. The summed E-state index contributed by atoms with van der Waals surface area (Å²) in [6, 6.07) is 7.76. The van der Waals surface area contributed by atoms with Crippen LogP contribution >= 0.6 is 11.9 Å². The molecule has 26 heavy (non-hydrogen) atoms. The fraction of sp³-hybridized carbons (Fsp3) is 0.474. The van der Waals surface area contributed by atoms with E-state index in [0.717, 1.165) is 49.6 Å². The molecule has 2 fully saturated rings. The van der Waals surface area contributed by atoms with Crippen LogP contribution in [0.15, 0.2) is 41.8 Å². The molecule has 140 valence electrons. The summed E-state index contributed by atoms with van der Waals surface area (Å²) in [5, 5.41) is 2.74. The number of hydrogen-bond donors (Lipinski definition) is 1. The molecule has 1 N–H and O–H groups in total. The van der Waals surface area contributed by atoms with Gasteiger partial charge in [0, 0.05) is 42.7 Å². The molecular formula is C19H25N3O3S. The fourth-order valence-corrected chi connectivity index (χ4v) is 4.13. The van der Waals surface area contributed by atoms with Crippen LogP contribution in [0.2, 0.25) is 0 Å². The van der Waals surface area contributed by atoms with E-state index in [1.165, 1.54) is 6.08 Å². The number of rotatable bonds is 5. The lowest BCUT2D eigenvalue weighted by atomic mass is 9.96. The first-order valence-electron chi connectivity index (χ1n) is 8.98. The zero-order valence-corrected chi connectivity index (χ0v) is 15.7. The zero-order valence-electron chi connectivity index (χ0n) is 14.9. The smallest absolute Gasteiger partial charge is 0.247 e. The largest absolute Gasteiger partial charge is 0.378 e. The number of benzene rings is 1. The van der Waals surface area contributed by atoms with E-state index in [0.29, 0.717) is 19.1 Å². The second-order valence-electron chi connectivity index (χ2n) is 6.45. The summed E-state index contributed by atoms with van der Waals surface area (Å²) in [6.45, 7) is 8.01. The van der Waals surface area contributed by atoms with E-state index in [4.69, 9.17) is 4.74 Å². The third kappa shape index (κ3) is 5.09. The minimum absolute atomic E-state index is 0.140. The van der Waals surface area contributed by atoms with Gasteiger partial charge in [-0.05, 0) is 55.1 Å². The number of anilines is 1. The van der Waals surface area contributed by atoms with Crippen molar-refractivity contribution in [2.75, 3.05) is 44.7 Å². The van der Waals surface area contributed by atoms with Gasteiger partial charge in [-0.25, -0.2) is 4.31 Å². The number of piperidine rings is 1. The van der Waals surface area contributed by atoms with Gasteiger partial charge in [-0.1, -0.05) is 6.58 Å². The molecule has 0 aromatic heterocycles. The lowest BCUT2D eigenvalue weighted by Crippen LogP contribution is -2.46. The Balaban J connectivity index is 1.45. The number of morpholine rings is 1. The Bertz CT molecular complexity index is 636. The first-order chi connectivity index (χ1) is 12.7. The number of carbonyl (C=O) groups excluding carboxylic acids is 2. The number of carbonyl (C=O) groups is 2. The van der Waals surface area contributed by atoms with Crippen molar-refractivity contribution < 1.29 is 14.3 Å². The second kappa shape index (κ2) is 9.21. The molecule has 2 saturated heterocycles. The minimum Gasteiger partial charge on any atom is -0.378 e. The van der Waals surface area contributed by atoms with Crippen LogP contribution in [0, 0.1) is 5.92 Å². The highest BCUT2D eigenvalue weighted by atomic mass is 32.2. The maximum Gasteiger partial charge on any atom is 0.247 e. The third-order valence-corrected chi connectivity index (χ3v) is 5.77. The van der Waals surface area contributed by atoms with Crippen molar-refractivity contribution in [2.24, 2.45) is 5.92 Å². The number of nitrogens with one attached hydrogen (secondary N) is 1. The molecule has 7 heteroatoms. The molecule has 1 aromatic carbocycles. The standard InChI is InChI=1S/C19H25N3O3S/c1-2-18(23)20-16-3-5-17(6-4-16)26-22-9-7-15(8-10-22)19(24)21-11-13-25-14-12-21/h2-6,15H,1,7-14H2,(H,20,23). The van der Waals surface area contributed by atoms with Crippen molar-refractivity contribution in [2.45, 2.75) is 17.7 Å². The molecule has 6 nitrogen and oxygen atoms in total. The minimum atomic E-state index is -0.211. The number of ether oxygens (including phenoxy) is 1. The lowest BCUT2D eigenvalue weighted by Gasteiger charge is -2.35. The number of amides is 2. The van der Waals surface area contributed by atoms with E-state index in [9.17, 15) is 9.59 Å². The van der Waals surface area contributed by atoms with Gasteiger partial charge in [0.2, 0.25) is 11.8 Å². The topological polar surface area (TPSA) is 61.9 Å². The van der Waals surface area contributed by atoms with E-state index in [1.807, 2.05) is 29.2 Å². The van der Waals surface area contributed by atoms with Crippen LogP contribution in [0.4, 0.5) is 5.69 Å². The van der Waals surface area contributed by atoms with Crippen LogP contribution in [0.3, 0.4) is 0 Å². The molecule has 0 bridgehead atoms. The van der Waals surface area contributed by atoms with Crippen LogP contribution in [-0.4, -0.2) is 60.4 Å². The Kier molecular flexibility index (Phi) is 6.71. The predicted octanol–water partition coefficient (Wildman–Crippen LogP) is 2.39. The number of nitrogens with zero attached hydrogens (tertiary/aromatic N) is 2. The van der Waals surface area contributed by atoms with Crippen molar-refractivity contribution >= 4 is 29.4 Å². The van der Waals surface area contributed by atoms with Crippen LogP contribution in [0.25, 0.3) is 0 Å². The number of hydrogen-bond acceptors (Lipinski definition) is 5. The summed E-state index contributed by atoms with van der Waals surface area (Å²) in [5.74, 6) is 0.221. The lowest BCUT2D eigenvalue weighted by molar-refractivity contribution is -0.140. The second-order valence-corrected chi connectivity index (χ2v) is 7.62. The Labute approximate surface area is 158 Å². The molecule has 0 unspecified atom stereocenters. The molecule has 0 atom stereocenters. The molecule has 0 radical (unpaired) electrons. The fourth-order valence-electron chi connectivity index (χ4n) is 3.18. The molecule has 1 aromatic rings. The van der Waals surface area contributed by atoms with E-state index in [1.54, 1.807) is 11.9 Å². The molecule has 0 aliphatic carbocycles. The Morgan fingerprint density at radius 1 is 1.12 bits per heavy atom. The SMILES string of the molecule is C=CC(=O)Nc1ccc(SN2CCC(C(=O)N3CCOCC3)CC2)cc1. The Morgan fingerprint density at radius 3 is 2.38 bits per heavy atom. The van der Waals surface area contributed by atoms with Crippen molar-refractivity contribution in [1.82, 2.24) is 9.21 Å². The molecule has 0 spiro atoms. The van der Waals surface area contributed by atoms with Gasteiger partial charge in [0.15, 0.2) is 0 Å². The van der Waals surface area contributed by atoms with E-state index in [2.05, 4.69) is 16.2 Å². The van der Waals surface area contributed by atoms with Gasteiger partial charge in [0.25, 0.3) is 0 Å². The van der Waals surface area contributed by atoms with Gasteiger partial charge >= 0.3 is 0 Å². The van der Waals surface area contributed by atoms with Gasteiger partial charge in [0.05, 0.1) is 13.2 Å². The molecule has 2 heterocycles. The maximum absolute atomic E-state index is 12.6. The van der Waals surface area contributed by atoms with Crippen molar-refractivity contribution in [3.05, 3.63) is 36.9 Å². The summed E-state index contributed by atoms with van der Waals surface area (Å²) in [6.07, 6.45) is 3.05.